The van der Waals surface area contributed by atoms with Crippen molar-refractivity contribution in [3.05, 3.63) is 0 Å². The quantitative estimate of drug-likeness (QED) is 0.0295. The fraction of sp³-hybridized carbons (Fsp3) is 0.957. The van der Waals surface area contributed by atoms with E-state index in [1.54, 1.807) is 0 Å². The maximum absolute atomic E-state index is 12.9. The second kappa shape index (κ2) is 34.8. The van der Waals surface area contributed by atoms with Crippen LogP contribution in [0.25, 0.3) is 0 Å². The summed E-state index contributed by atoms with van der Waals surface area (Å²) in [6, 6.07) is 0. The van der Waals surface area contributed by atoms with Gasteiger partial charge in [0.25, 0.3) is 0 Å². The standard InChI is InChI=1S/C46H86O15/c1-3-5-7-9-11-13-15-17-19-21-23-25-27-29-38(49)59-34(31-56-37(48)28-26-24-22-20-18-16-14-12-10-8-6-4-2)32-57-45-44(55)42(53)40(51)36(61-45)33-58-46-43(54)41(52)39(50)35(30-47)60-46/h34-36,39-47,50-55H,3-33H2,1-2H3/t34-,35-,36-,39+,40+,41?,42?,43?,44?,45-,46-/m1/s1. The molecule has 0 aromatic rings. The molecule has 4 unspecified atom stereocenters. The van der Waals surface area contributed by atoms with Gasteiger partial charge in [0, 0.05) is 12.8 Å². The summed E-state index contributed by atoms with van der Waals surface area (Å²) in [6.45, 7) is 2.59. The number of carbonyl (C=O) groups excluding carboxylic acids is 2. The second-order valence-electron chi connectivity index (χ2n) is 17.3. The summed E-state index contributed by atoms with van der Waals surface area (Å²) in [4.78, 5) is 25.6. The van der Waals surface area contributed by atoms with Gasteiger partial charge in [-0.25, -0.2) is 0 Å². The SMILES string of the molecule is CCCCCCCCCCCCCCCC(=O)O[C@H](COC(=O)CCCCCCCCCCCCCC)CO[C@@H]1O[C@H](CO[C@@H]2O[C@H](CO)[C@H](O)C(O)C2O)[C@H](O)C(O)C1O. The summed E-state index contributed by atoms with van der Waals surface area (Å²) in [7, 11) is 0. The smallest absolute Gasteiger partial charge is 0.306 e. The minimum absolute atomic E-state index is 0.173. The largest absolute Gasteiger partial charge is 0.462 e. The number of ether oxygens (including phenoxy) is 6. The lowest BCUT2D eigenvalue weighted by molar-refractivity contribution is -0.332. The van der Waals surface area contributed by atoms with Crippen molar-refractivity contribution >= 4 is 11.9 Å². The molecule has 0 aromatic carbocycles. The monoisotopic (exact) mass is 879 g/mol. The van der Waals surface area contributed by atoms with Crippen LogP contribution in [0.3, 0.4) is 0 Å². The van der Waals surface area contributed by atoms with Crippen molar-refractivity contribution in [1.82, 2.24) is 0 Å². The fourth-order valence-electron chi connectivity index (χ4n) is 7.81. The summed E-state index contributed by atoms with van der Waals surface area (Å²) in [5, 5.41) is 71.9. The highest BCUT2D eigenvalue weighted by Crippen LogP contribution is 2.26. The molecule has 2 fully saturated rings. The second-order valence-corrected chi connectivity index (χ2v) is 17.3. The predicted molar refractivity (Wildman–Crippen MR) is 229 cm³/mol. The van der Waals surface area contributed by atoms with E-state index in [-0.39, 0.29) is 26.1 Å². The van der Waals surface area contributed by atoms with Gasteiger partial charge in [0.2, 0.25) is 0 Å². The van der Waals surface area contributed by atoms with Gasteiger partial charge in [0.15, 0.2) is 18.7 Å². The van der Waals surface area contributed by atoms with Crippen molar-refractivity contribution in [2.45, 2.75) is 255 Å². The zero-order valence-electron chi connectivity index (χ0n) is 37.7. The Kier molecular flexibility index (Phi) is 31.8. The van der Waals surface area contributed by atoms with Crippen molar-refractivity contribution in [3.8, 4) is 0 Å². The molecule has 2 aliphatic heterocycles. The fourth-order valence-corrected chi connectivity index (χ4v) is 7.81. The van der Waals surface area contributed by atoms with Gasteiger partial charge in [0.05, 0.1) is 19.8 Å². The van der Waals surface area contributed by atoms with Crippen molar-refractivity contribution in [2.75, 3.05) is 26.4 Å². The van der Waals surface area contributed by atoms with Gasteiger partial charge in [-0.3, -0.25) is 9.59 Å². The first-order valence-electron chi connectivity index (χ1n) is 24.1. The van der Waals surface area contributed by atoms with Crippen LogP contribution in [0, 0.1) is 0 Å². The summed E-state index contributed by atoms with van der Waals surface area (Å²) >= 11 is 0. The lowest BCUT2D eigenvalue weighted by atomic mass is 9.98. The number of hydrogen-bond donors (Lipinski definition) is 7. The Hall–Kier alpha value is -1.50. The van der Waals surface area contributed by atoms with Gasteiger partial charge < -0.3 is 64.2 Å². The summed E-state index contributed by atoms with van der Waals surface area (Å²) in [5.74, 6) is -0.914. The Morgan fingerprint density at radius 2 is 0.836 bits per heavy atom. The average molecular weight is 879 g/mol. The molecule has 61 heavy (non-hydrogen) atoms. The van der Waals surface area contributed by atoms with Gasteiger partial charge in [-0.2, -0.15) is 0 Å². The first kappa shape index (κ1) is 55.6. The van der Waals surface area contributed by atoms with Crippen LogP contribution in [-0.4, -0.2) is 142 Å². The van der Waals surface area contributed by atoms with Crippen molar-refractivity contribution in [2.24, 2.45) is 0 Å². The highest BCUT2D eigenvalue weighted by Gasteiger charge is 2.47. The third-order valence-electron chi connectivity index (χ3n) is 11.8. The topological polar surface area (TPSA) is 231 Å². The Balaban J connectivity index is 1.84. The lowest BCUT2D eigenvalue weighted by Crippen LogP contribution is -2.61. The zero-order valence-corrected chi connectivity index (χ0v) is 37.7. The molecule has 0 saturated carbocycles. The number of unbranched alkanes of at least 4 members (excludes halogenated alkanes) is 23. The molecule has 0 aliphatic carbocycles. The molecular formula is C46H86O15. The molecule has 2 saturated heterocycles. The Labute approximate surface area is 366 Å². The highest BCUT2D eigenvalue weighted by atomic mass is 16.7. The summed E-state index contributed by atoms with van der Waals surface area (Å²) in [6.07, 6.45) is 12.8. The third kappa shape index (κ3) is 23.8. The molecule has 15 nitrogen and oxygen atoms in total. The van der Waals surface area contributed by atoms with E-state index in [2.05, 4.69) is 13.8 Å². The van der Waals surface area contributed by atoms with Gasteiger partial charge >= 0.3 is 11.9 Å². The van der Waals surface area contributed by atoms with E-state index in [1.165, 1.54) is 109 Å². The number of rotatable bonds is 37. The van der Waals surface area contributed by atoms with E-state index < -0.39 is 92.7 Å². The number of aliphatic hydroxyl groups is 7. The van der Waals surface area contributed by atoms with Gasteiger partial charge in [-0.15, -0.1) is 0 Å². The number of aliphatic hydroxyl groups excluding tert-OH is 7. The molecule has 0 amide bonds. The van der Waals surface area contributed by atoms with Gasteiger partial charge in [-0.1, -0.05) is 162 Å². The molecule has 15 heteroatoms. The van der Waals surface area contributed by atoms with E-state index in [4.69, 9.17) is 28.4 Å². The molecule has 0 aromatic heterocycles. The molecule has 0 radical (unpaired) electrons. The predicted octanol–water partition coefficient (Wildman–Crippen LogP) is 5.65. The van der Waals surface area contributed by atoms with E-state index in [0.29, 0.717) is 12.8 Å². The van der Waals surface area contributed by atoms with E-state index in [1.807, 2.05) is 0 Å². The van der Waals surface area contributed by atoms with Crippen LogP contribution < -0.4 is 0 Å². The Morgan fingerprint density at radius 3 is 1.28 bits per heavy atom. The van der Waals surface area contributed by atoms with E-state index >= 15 is 0 Å². The normalized spacial score (nSPS) is 27.2. The van der Waals surface area contributed by atoms with Crippen LogP contribution >= 0.6 is 0 Å². The Bertz CT molecular complexity index is 1080. The third-order valence-corrected chi connectivity index (χ3v) is 11.8. The number of esters is 2. The van der Waals surface area contributed by atoms with Gasteiger partial charge in [0.1, 0.15) is 55.4 Å². The number of carbonyl (C=O) groups is 2. The van der Waals surface area contributed by atoms with Gasteiger partial charge in [-0.05, 0) is 12.8 Å². The van der Waals surface area contributed by atoms with Crippen LogP contribution in [0.2, 0.25) is 0 Å². The molecule has 0 bridgehead atoms. The molecule has 360 valence electrons. The van der Waals surface area contributed by atoms with Crippen LogP contribution in [0.5, 0.6) is 0 Å². The maximum Gasteiger partial charge on any atom is 0.306 e. The Morgan fingerprint density at radius 1 is 0.459 bits per heavy atom. The molecule has 2 aliphatic rings. The average Bonchev–Trinajstić information content (AvgIpc) is 3.25. The minimum atomic E-state index is -1.76. The molecule has 2 rings (SSSR count). The molecule has 0 spiro atoms. The summed E-state index contributed by atoms with van der Waals surface area (Å²) in [5.41, 5.74) is 0. The van der Waals surface area contributed by atoms with Crippen LogP contribution in [0.4, 0.5) is 0 Å². The molecule has 7 N–H and O–H groups in total. The summed E-state index contributed by atoms with van der Waals surface area (Å²) < 4.78 is 33.5. The van der Waals surface area contributed by atoms with Crippen LogP contribution in [-0.2, 0) is 38.0 Å². The molecule has 11 atom stereocenters. The first-order valence-corrected chi connectivity index (χ1v) is 24.1. The lowest BCUT2D eigenvalue weighted by Gasteiger charge is -2.42. The zero-order chi connectivity index (χ0) is 44.7. The maximum atomic E-state index is 12.9. The van der Waals surface area contributed by atoms with Crippen molar-refractivity contribution < 1.29 is 73.8 Å². The van der Waals surface area contributed by atoms with Crippen LogP contribution in [0.15, 0.2) is 0 Å². The molecular weight excluding hydrogens is 792 g/mol. The highest BCUT2D eigenvalue weighted by molar-refractivity contribution is 5.70. The minimum Gasteiger partial charge on any atom is -0.462 e. The van der Waals surface area contributed by atoms with E-state index in [9.17, 15) is 45.3 Å². The van der Waals surface area contributed by atoms with Crippen molar-refractivity contribution in [1.29, 1.82) is 0 Å². The molecule has 2 heterocycles. The van der Waals surface area contributed by atoms with Crippen molar-refractivity contribution in [3.63, 3.8) is 0 Å². The van der Waals surface area contributed by atoms with E-state index in [0.717, 1.165) is 38.5 Å². The van der Waals surface area contributed by atoms with Crippen LogP contribution in [0.1, 0.15) is 187 Å². The number of hydrogen-bond acceptors (Lipinski definition) is 15. The first-order chi connectivity index (χ1) is 29.5.